The molecule has 1 aromatic heterocycles. The van der Waals surface area contributed by atoms with Crippen molar-refractivity contribution >= 4 is 11.8 Å². The van der Waals surface area contributed by atoms with Crippen LogP contribution < -0.4 is 5.32 Å². The molecule has 2 atom stereocenters. The van der Waals surface area contributed by atoms with E-state index in [2.05, 4.69) is 10.3 Å². The predicted octanol–water partition coefficient (Wildman–Crippen LogP) is 4.22. The number of carboxylic acids is 1. The highest BCUT2D eigenvalue weighted by atomic mass is 19.2. The largest absolute Gasteiger partial charge is 0.478 e. The highest BCUT2D eigenvalue weighted by Gasteiger charge is 2.65. The van der Waals surface area contributed by atoms with Gasteiger partial charge in [0.25, 0.3) is 0 Å². The van der Waals surface area contributed by atoms with Gasteiger partial charge in [-0.2, -0.15) is 0 Å². The van der Waals surface area contributed by atoms with E-state index in [4.69, 9.17) is 0 Å². The lowest BCUT2D eigenvalue weighted by Crippen LogP contribution is -2.65. The number of rotatable bonds is 3. The summed E-state index contributed by atoms with van der Waals surface area (Å²) in [5.74, 6) is -0.218. The second-order valence-corrected chi connectivity index (χ2v) is 9.21. The zero-order valence-corrected chi connectivity index (χ0v) is 14.8. The van der Waals surface area contributed by atoms with Crippen LogP contribution in [-0.2, 0) is 12.8 Å². The summed E-state index contributed by atoms with van der Waals surface area (Å²) >= 11 is 0. The average Bonchev–Trinajstić information content (AvgIpc) is 2.51. The molecule has 4 bridgehead atoms. The van der Waals surface area contributed by atoms with Crippen LogP contribution in [0.25, 0.3) is 0 Å². The van der Waals surface area contributed by atoms with E-state index in [1.54, 1.807) is 0 Å². The molecule has 0 aliphatic heterocycles. The first kappa shape index (κ1) is 16.5. The van der Waals surface area contributed by atoms with Gasteiger partial charge in [-0.25, -0.2) is 18.6 Å². The molecular weight excluding hydrogens is 338 g/mol. The molecule has 0 saturated heterocycles. The first-order valence-corrected chi connectivity index (χ1v) is 9.69. The molecule has 26 heavy (non-hydrogen) atoms. The predicted molar refractivity (Wildman–Crippen MR) is 93.1 cm³/mol. The Hall–Kier alpha value is -1.72. The van der Waals surface area contributed by atoms with Crippen molar-refractivity contribution in [1.82, 2.24) is 4.98 Å². The SMILES string of the molecule is O=C(O)c1cnc(NC23CC4CC(F)(CC(F)(C4)C2)C3)c2c1CCCC2. The number of pyridine rings is 1. The molecule has 2 unspecified atom stereocenters. The van der Waals surface area contributed by atoms with Crippen LogP contribution in [0.2, 0.25) is 0 Å². The summed E-state index contributed by atoms with van der Waals surface area (Å²) in [5.41, 5.74) is -1.38. The molecule has 6 heteroatoms. The van der Waals surface area contributed by atoms with Crippen LogP contribution in [0.5, 0.6) is 0 Å². The molecule has 5 aliphatic rings. The molecule has 0 radical (unpaired) electrons. The molecule has 4 nitrogen and oxygen atoms in total. The van der Waals surface area contributed by atoms with Crippen LogP contribution in [0.15, 0.2) is 6.20 Å². The van der Waals surface area contributed by atoms with Gasteiger partial charge < -0.3 is 10.4 Å². The smallest absolute Gasteiger partial charge is 0.337 e. The summed E-state index contributed by atoms with van der Waals surface area (Å²) in [6, 6.07) is 0. The van der Waals surface area contributed by atoms with E-state index < -0.39 is 22.8 Å². The van der Waals surface area contributed by atoms with Crippen LogP contribution in [0.3, 0.4) is 0 Å². The lowest BCUT2D eigenvalue weighted by atomic mass is 9.50. The maximum Gasteiger partial charge on any atom is 0.337 e. The summed E-state index contributed by atoms with van der Waals surface area (Å²) in [6.07, 6.45) is 7.29. The van der Waals surface area contributed by atoms with Crippen molar-refractivity contribution in [3.63, 3.8) is 0 Å². The maximum atomic E-state index is 15.2. The number of carboxylic acid groups (broad SMARTS) is 1. The number of hydrogen-bond donors (Lipinski definition) is 2. The number of halogens is 2. The Morgan fingerprint density at radius 3 is 2.35 bits per heavy atom. The van der Waals surface area contributed by atoms with Crippen molar-refractivity contribution in [3.8, 4) is 0 Å². The van der Waals surface area contributed by atoms with Gasteiger partial charge in [0, 0.05) is 31.0 Å². The van der Waals surface area contributed by atoms with Gasteiger partial charge in [-0.05, 0) is 62.0 Å². The third kappa shape index (κ3) is 2.44. The number of fused-ring (bicyclic) bond motifs is 1. The summed E-state index contributed by atoms with van der Waals surface area (Å²) in [4.78, 5) is 15.9. The molecule has 4 fully saturated rings. The highest BCUT2D eigenvalue weighted by molar-refractivity contribution is 5.90. The standard InChI is InChI=1S/C20H24F2N2O2/c21-18-5-12-6-19(22,9-18)11-20(7-12,10-18)24-16-14-4-2-1-3-13(14)15(8-23-16)17(25)26/h8,12H,1-7,9-11H2,(H,23,24)(H,25,26). The molecule has 4 saturated carbocycles. The number of anilines is 1. The summed E-state index contributed by atoms with van der Waals surface area (Å²) < 4.78 is 30.4. The second-order valence-electron chi connectivity index (χ2n) is 9.21. The zero-order chi connectivity index (χ0) is 18.2. The van der Waals surface area contributed by atoms with Gasteiger partial charge >= 0.3 is 5.97 Å². The molecule has 1 heterocycles. The normalized spacial score (nSPS) is 40.3. The first-order chi connectivity index (χ1) is 12.3. The minimum atomic E-state index is -1.41. The summed E-state index contributed by atoms with van der Waals surface area (Å²) in [6.45, 7) is 0. The Balaban J connectivity index is 1.53. The van der Waals surface area contributed by atoms with Gasteiger partial charge in [0.2, 0.25) is 0 Å². The Kier molecular flexibility index (Phi) is 3.27. The van der Waals surface area contributed by atoms with Gasteiger partial charge in [-0.1, -0.05) is 0 Å². The van der Waals surface area contributed by atoms with Crippen molar-refractivity contribution in [2.24, 2.45) is 5.92 Å². The van der Waals surface area contributed by atoms with Gasteiger partial charge in [0.15, 0.2) is 0 Å². The van der Waals surface area contributed by atoms with Gasteiger partial charge in [0.05, 0.1) is 5.56 Å². The minimum absolute atomic E-state index is 0.0312. The Bertz CT molecular complexity index is 778. The average molecular weight is 362 g/mol. The topological polar surface area (TPSA) is 62.2 Å². The quantitative estimate of drug-likeness (QED) is 0.845. The van der Waals surface area contributed by atoms with E-state index in [1.165, 1.54) is 6.20 Å². The van der Waals surface area contributed by atoms with Crippen molar-refractivity contribution in [1.29, 1.82) is 0 Å². The fraction of sp³-hybridized carbons (Fsp3) is 0.700. The van der Waals surface area contributed by atoms with Gasteiger partial charge in [-0.15, -0.1) is 0 Å². The highest BCUT2D eigenvalue weighted by Crippen LogP contribution is 2.62. The number of hydrogen-bond acceptors (Lipinski definition) is 3. The van der Waals surface area contributed by atoms with Crippen LogP contribution in [-0.4, -0.2) is 32.9 Å². The van der Waals surface area contributed by atoms with Gasteiger partial charge in [-0.3, -0.25) is 0 Å². The number of alkyl halides is 2. The fourth-order valence-corrected chi connectivity index (χ4v) is 6.64. The summed E-state index contributed by atoms with van der Waals surface area (Å²) in [7, 11) is 0. The Labute approximate surface area is 151 Å². The Morgan fingerprint density at radius 2 is 1.73 bits per heavy atom. The fourth-order valence-electron chi connectivity index (χ4n) is 6.64. The van der Waals surface area contributed by atoms with Crippen LogP contribution >= 0.6 is 0 Å². The van der Waals surface area contributed by atoms with E-state index in [0.29, 0.717) is 31.5 Å². The summed E-state index contributed by atoms with van der Waals surface area (Å²) in [5, 5.41) is 12.9. The van der Waals surface area contributed by atoms with E-state index in [1.807, 2.05) is 0 Å². The lowest BCUT2D eigenvalue weighted by molar-refractivity contribution is -0.137. The first-order valence-electron chi connectivity index (χ1n) is 9.69. The van der Waals surface area contributed by atoms with Crippen molar-refractivity contribution in [3.05, 3.63) is 22.9 Å². The van der Waals surface area contributed by atoms with E-state index in [9.17, 15) is 9.90 Å². The van der Waals surface area contributed by atoms with Gasteiger partial charge in [0.1, 0.15) is 17.2 Å². The van der Waals surface area contributed by atoms with Crippen LogP contribution in [0.4, 0.5) is 14.6 Å². The number of aromatic nitrogens is 1. The maximum absolute atomic E-state index is 15.2. The van der Waals surface area contributed by atoms with Crippen molar-refractivity contribution < 1.29 is 18.7 Å². The lowest BCUT2D eigenvalue weighted by Gasteiger charge is -2.61. The van der Waals surface area contributed by atoms with Crippen LogP contribution in [0, 0.1) is 5.92 Å². The number of nitrogens with one attached hydrogen (secondary N) is 1. The van der Waals surface area contributed by atoms with E-state index >= 15 is 8.78 Å². The third-order valence-corrected chi connectivity index (χ3v) is 6.95. The van der Waals surface area contributed by atoms with E-state index in [-0.39, 0.29) is 17.9 Å². The molecule has 140 valence electrons. The molecule has 6 rings (SSSR count). The number of aromatic carboxylic acids is 1. The van der Waals surface area contributed by atoms with Crippen LogP contribution in [0.1, 0.15) is 72.9 Å². The molecule has 1 aromatic rings. The Morgan fingerprint density at radius 1 is 1.08 bits per heavy atom. The zero-order valence-electron chi connectivity index (χ0n) is 14.8. The second kappa shape index (κ2) is 5.17. The van der Waals surface area contributed by atoms with E-state index in [0.717, 1.165) is 43.2 Å². The molecule has 0 spiro atoms. The number of carbonyl (C=O) groups is 1. The molecule has 0 aromatic carbocycles. The molecule has 5 aliphatic carbocycles. The monoisotopic (exact) mass is 362 g/mol. The third-order valence-electron chi connectivity index (χ3n) is 6.95. The van der Waals surface area contributed by atoms with Crippen molar-refractivity contribution in [2.75, 3.05) is 5.32 Å². The molecular formula is C20H24F2N2O2. The minimum Gasteiger partial charge on any atom is -0.478 e. The molecule has 2 N–H and O–H groups in total. The van der Waals surface area contributed by atoms with Crippen molar-refractivity contribution in [2.45, 2.75) is 81.1 Å². The number of nitrogens with zero attached hydrogens (tertiary/aromatic N) is 1. The molecule has 0 amide bonds.